The van der Waals surface area contributed by atoms with E-state index in [1.54, 1.807) is 0 Å². The van der Waals surface area contributed by atoms with Crippen molar-refractivity contribution < 1.29 is 40.7 Å². The topological polar surface area (TPSA) is 135 Å². The maximum absolute atomic E-state index is 12.9. The van der Waals surface area contributed by atoms with Gasteiger partial charge in [-0.1, -0.05) is 0 Å². The Kier molecular flexibility index (Phi) is 7.75. The fourth-order valence-corrected chi connectivity index (χ4v) is 4.23. The Bertz CT molecular complexity index is 1240. The summed E-state index contributed by atoms with van der Waals surface area (Å²) in [6.07, 6.45) is -7.74. The molecule has 10 nitrogen and oxygen atoms in total. The van der Waals surface area contributed by atoms with Gasteiger partial charge in [-0.3, -0.25) is 24.3 Å². The predicted octanol–water partition coefficient (Wildman–Crippen LogP) is 2.86. The van der Waals surface area contributed by atoms with E-state index >= 15 is 0 Å². The number of anilines is 1. The van der Waals surface area contributed by atoms with Crippen LogP contribution in [-0.2, 0) is 15.8 Å². The molecule has 0 saturated heterocycles. The lowest BCUT2D eigenvalue weighted by atomic mass is 10.1. The predicted molar refractivity (Wildman–Crippen MR) is 118 cm³/mol. The first kappa shape index (κ1) is 27.8. The fraction of sp³-hybridized carbons (Fsp3) is 0.350. The van der Waals surface area contributed by atoms with E-state index in [0.29, 0.717) is 5.56 Å². The highest BCUT2D eigenvalue weighted by Gasteiger charge is 2.37. The lowest BCUT2D eigenvalue weighted by Gasteiger charge is -2.21. The van der Waals surface area contributed by atoms with Gasteiger partial charge in [0.1, 0.15) is 29.5 Å². The van der Waals surface area contributed by atoms with Crippen LogP contribution in [0.25, 0.3) is 0 Å². The first-order valence-electron chi connectivity index (χ1n) is 10.2. The number of rotatable bonds is 7. The quantitative estimate of drug-likeness (QED) is 0.353. The molecule has 1 aliphatic heterocycles. The van der Waals surface area contributed by atoms with E-state index in [0.717, 1.165) is 28.9 Å². The van der Waals surface area contributed by atoms with Crippen LogP contribution in [0.5, 0.6) is 0 Å². The third-order valence-corrected chi connectivity index (χ3v) is 6.13. The summed E-state index contributed by atoms with van der Waals surface area (Å²) in [6.45, 7) is 0.715. The van der Waals surface area contributed by atoms with Crippen molar-refractivity contribution in [2.45, 2.75) is 37.6 Å². The van der Waals surface area contributed by atoms with E-state index in [1.807, 2.05) is 0 Å². The van der Waals surface area contributed by atoms with Gasteiger partial charge in [0.15, 0.2) is 11.5 Å². The molecular formula is C20H19F6N7O3S. The summed E-state index contributed by atoms with van der Waals surface area (Å²) in [5.74, 6) is -2.45. The van der Waals surface area contributed by atoms with Crippen molar-refractivity contribution in [3.05, 3.63) is 52.3 Å². The second-order valence-electron chi connectivity index (χ2n) is 7.83. The molecule has 0 aromatic carbocycles. The lowest BCUT2D eigenvalue weighted by molar-refractivity contribution is -0.148. The molecule has 2 aromatic rings. The number of carbonyl (C=O) groups is 3. The zero-order chi connectivity index (χ0) is 27.7. The molecule has 200 valence electrons. The molecule has 0 fully saturated rings. The molecule has 17 heteroatoms. The molecule has 3 heterocycles. The fourth-order valence-electron chi connectivity index (χ4n) is 3.35. The minimum atomic E-state index is -4.87. The van der Waals surface area contributed by atoms with Crippen LogP contribution >= 0.6 is 11.8 Å². The number of aryl methyl sites for hydroxylation is 1. The summed E-state index contributed by atoms with van der Waals surface area (Å²) >= 11 is 1.14. The summed E-state index contributed by atoms with van der Waals surface area (Å²) in [6, 6.07) is 0.0954. The molecule has 2 atom stereocenters. The van der Waals surface area contributed by atoms with Crippen molar-refractivity contribution in [2.75, 3.05) is 12.3 Å². The molecule has 3 rings (SSSR count). The van der Waals surface area contributed by atoms with Gasteiger partial charge in [0.2, 0.25) is 12.3 Å². The number of pyridine rings is 1. The molecule has 0 spiro atoms. The van der Waals surface area contributed by atoms with Gasteiger partial charge in [-0.15, -0.1) is 11.8 Å². The van der Waals surface area contributed by atoms with Crippen LogP contribution in [-0.4, -0.2) is 50.4 Å². The van der Waals surface area contributed by atoms with Gasteiger partial charge in [-0.2, -0.15) is 26.3 Å². The van der Waals surface area contributed by atoms with Crippen LogP contribution in [0.3, 0.4) is 0 Å². The largest absolute Gasteiger partial charge is 0.433 e. The average Bonchev–Trinajstić information content (AvgIpc) is 3.41. The van der Waals surface area contributed by atoms with Gasteiger partial charge in [0, 0.05) is 17.2 Å². The number of hydrogen-bond donors (Lipinski definition) is 3. The van der Waals surface area contributed by atoms with E-state index in [2.05, 4.69) is 20.6 Å². The Morgan fingerprint density at radius 1 is 1.30 bits per heavy atom. The molecule has 3 amide bonds. The summed E-state index contributed by atoms with van der Waals surface area (Å²) in [4.78, 5) is 43.5. The van der Waals surface area contributed by atoms with Gasteiger partial charge in [-0.25, -0.2) is 4.98 Å². The zero-order valence-corrected chi connectivity index (χ0v) is 19.8. The number of imide groups is 1. The Labute approximate surface area is 209 Å². The number of nitrogens with one attached hydrogen (secondary N) is 2. The number of carbonyl (C=O) groups excluding carboxylic acids is 3. The Morgan fingerprint density at radius 2 is 1.97 bits per heavy atom. The second kappa shape index (κ2) is 10.3. The van der Waals surface area contributed by atoms with E-state index in [1.165, 1.54) is 25.3 Å². The van der Waals surface area contributed by atoms with Crippen molar-refractivity contribution in [1.82, 2.24) is 30.1 Å². The third kappa shape index (κ3) is 6.33. The van der Waals surface area contributed by atoms with Gasteiger partial charge in [0.25, 0.3) is 5.91 Å². The first-order valence-corrected chi connectivity index (χ1v) is 11.2. The van der Waals surface area contributed by atoms with Gasteiger partial charge in [-0.05, 0) is 25.5 Å². The summed E-state index contributed by atoms with van der Waals surface area (Å²) in [7, 11) is 0. The monoisotopic (exact) mass is 551 g/mol. The molecule has 4 N–H and O–H groups in total. The standard InChI is InChI=1S/C20H19F6N7O3S/c1-9-3-11(4-28-14(9)20(24,25)26)17-31-12(5-37-17)30-16(35)10(2)33-7-29-15(27)13(33)18(36)32(8-34)6-19(21,22)23/h3-5,7-8,10,17,31H,6,27H2,1-2H3,(H,30,35)/t10-,17?/m0/s1. The Morgan fingerprint density at radius 3 is 2.54 bits per heavy atom. The van der Waals surface area contributed by atoms with E-state index in [4.69, 9.17) is 5.73 Å². The highest BCUT2D eigenvalue weighted by Crippen LogP contribution is 2.36. The van der Waals surface area contributed by atoms with Gasteiger partial charge >= 0.3 is 12.4 Å². The number of amides is 3. The normalized spacial score (nSPS) is 16.5. The number of nitrogens with zero attached hydrogens (tertiary/aromatic N) is 4. The average molecular weight is 551 g/mol. The van der Waals surface area contributed by atoms with Crippen LogP contribution in [0.4, 0.5) is 32.2 Å². The van der Waals surface area contributed by atoms with Crippen molar-refractivity contribution in [3.8, 4) is 0 Å². The molecular weight excluding hydrogens is 532 g/mol. The molecule has 37 heavy (non-hydrogen) atoms. The smallest absolute Gasteiger partial charge is 0.382 e. The van der Waals surface area contributed by atoms with E-state index < -0.39 is 59.3 Å². The highest BCUT2D eigenvalue weighted by molar-refractivity contribution is 8.02. The maximum atomic E-state index is 12.9. The molecule has 0 aliphatic carbocycles. The van der Waals surface area contributed by atoms with Gasteiger partial charge in [0.05, 0.1) is 6.33 Å². The minimum absolute atomic E-state index is 0.0803. The molecule has 1 unspecified atom stereocenters. The summed E-state index contributed by atoms with van der Waals surface area (Å²) in [5.41, 5.74) is 4.35. The van der Waals surface area contributed by atoms with Crippen LogP contribution in [0.2, 0.25) is 0 Å². The van der Waals surface area contributed by atoms with E-state index in [-0.39, 0.29) is 22.7 Å². The maximum Gasteiger partial charge on any atom is 0.433 e. The summed E-state index contributed by atoms with van der Waals surface area (Å²) in [5, 5.41) is 6.34. The Hall–Kier alpha value is -3.76. The number of hydrogen-bond acceptors (Lipinski definition) is 8. The lowest BCUT2D eigenvalue weighted by Crippen LogP contribution is -2.40. The van der Waals surface area contributed by atoms with Crippen LogP contribution in [0.15, 0.2) is 29.8 Å². The SMILES string of the molecule is Cc1cc(C2NC(NC(=O)[C@H](C)n3cnc(N)c3C(=O)N(C=O)CC(F)(F)F)=CS2)cnc1C(F)(F)F. The Balaban J connectivity index is 1.71. The first-order chi connectivity index (χ1) is 17.1. The number of imidazole rings is 1. The summed E-state index contributed by atoms with van der Waals surface area (Å²) < 4.78 is 77.9. The number of alkyl halides is 6. The second-order valence-corrected chi connectivity index (χ2v) is 8.81. The van der Waals surface area contributed by atoms with Crippen LogP contribution in [0.1, 0.15) is 45.6 Å². The highest BCUT2D eigenvalue weighted by atomic mass is 32.2. The third-order valence-electron chi connectivity index (χ3n) is 5.10. The van der Waals surface area contributed by atoms with Gasteiger partial charge < -0.3 is 20.9 Å². The number of thioether (sulfide) groups is 1. The van der Waals surface area contributed by atoms with Crippen molar-refractivity contribution >= 4 is 35.8 Å². The molecule has 0 bridgehead atoms. The number of nitrogen functional groups attached to an aromatic ring is 1. The number of nitrogens with two attached hydrogens (primary N) is 1. The zero-order valence-electron chi connectivity index (χ0n) is 19.0. The molecule has 0 radical (unpaired) electrons. The minimum Gasteiger partial charge on any atom is -0.382 e. The van der Waals surface area contributed by atoms with Crippen LogP contribution in [0, 0.1) is 6.92 Å². The van der Waals surface area contributed by atoms with Crippen molar-refractivity contribution in [3.63, 3.8) is 0 Å². The molecule has 2 aromatic heterocycles. The molecule has 1 aliphatic rings. The van der Waals surface area contributed by atoms with E-state index in [9.17, 15) is 40.7 Å². The number of halogens is 6. The molecule has 0 saturated carbocycles. The number of aromatic nitrogens is 3. The van der Waals surface area contributed by atoms with Crippen molar-refractivity contribution in [1.29, 1.82) is 0 Å². The van der Waals surface area contributed by atoms with Crippen LogP contribution < -0.4 is 16.4 Å². The van der Waals surface area contributed by atoms with Crippen molar-refractivity contribution in [2.24, 2.45) is 0 Å².